The third kappa shape index (κ3) is 4.07. The topological polar surface area (TPSA) is 29.3 Å². The molecule has 2 rings (SSSR count). The molecule has 2 atom stereocenters. The molecule has 0 aromatic heterocycles. The van der Waals surface area contributed by atoms with Gasteiger partial charge in [0.2, 0.25) is 0 Å². The normalized spacial score (nSPS) is 14.2. The monoisotopic (exact) mass is 302 g/mol. The van der Waals surface area contributed by atoms with Crippen LogP contribution in [0, 0.1) is 6.92 Å². The number of nitrogens with zero attached hydrogens (tertiary/aromatic N) is 1. The van der Waals surface area contributed by atoms with E-state index in [1.54, 1.807) is 0 Å². The predicted molar refractivity (Wildman–Crippen MR) is 90.6 cm³/mol. The van der Waals surface area contributed by atoms with Gasteiger partial charge >= 0.3 is 0 Å². The molecule has 0 aliphatic rings. The summed E-state index contributed by atoms with van der Waals surface area (Å²) in [6.07, 6.45) is 0. The molecule has 0 spiro atoms. The zero-order chi connectivity index (χ0) is 15.4. The average molecular weight is 303 g/mol. The van der Waals surface area contributed by atoms with Crippen molar-refractivity contribution in [3.05, 3.63) is 70.2 Å². The van der Waals surface area contributed by atoms with E-state index in [0.717, 1.165) is 17.1 Å². The molecule has 2 aromatic carbocycles. The molecule has 0 saturated carbocycles. The standard InChI is InChI=1S/C18H23ClN2/c1-13-8-10-15(11-9-13)18(20)12-21(3)14(2)16-6-4-5-7-17(16)19/h4-11,14,18H,12,20H2,1-3H3. The van der Waals surface area contributed by atoms with Gasteiger partial charge in [-0.25, -0.2) is 0 Å². The van der Waals surface area contributed by atoms with Crippen molar-refractivity contribution in [3.8, 4) is 0 Å². The van der Waals surface area contributed by atoms with Crippen LogP contribution in [0.3, 0.4) is 0 Å². The van der Waals surface area contributed by atoms with Gasteiger partial charge in [0.15, 0.2) is 0 Å². The van der Waals surface area contributed by atoms with Gasteiger partial charge in [-0.05, 0) is 38.1 Å². The fourth-order valence-electron chi connectivity index (χ4n) is 2.44. The largest absolute Gasteiger partial charge is 0.323 e. The summed E-state index contributed by atoms with van der Waals surface area (Å²) >= 11 is 6.28. The fraction of sp³-hybridized carbons (Fsp3) is 0.333. The third-order valence-corrected chi connectivity index (χ3v) is 4.35. The molecule has 2 unspecified atom stereocenters. The van der Waals surface area contributed by atoms with Gasteiger partial charge in [0.1, 0.15) is 0 Å². The van der Waals surface area contributed by atoms with E-state index in [1.165, 1.54) is 11.1 Å². The Labute approximate surface area is 132 Å². The summed E-state index contributed by atoms with van der Waals surface area (Å²) in [5, 5.41) is 0.806. The number of aryl methyl sites for hydroxylation is 1. The Bertz CT molecular complexity index is 580. The molecule has 2 nitrogen and oxygen atoms in total. The first-order valence-electron chi connectivity index (χ1n) is 7.26. The molecule has 2 aromatic rings. The van der Waals surface area contributed by atoms with Crippen molar-refractivity contribution in [1.82, 2.24) is 4.90 Å². The van der Waals surface area contributed by atoms with Crippen molar-refractivity contribution in [2.45, 2.75) is 25.9 Å². The molecule has 0 aliphatic carbocycles. The Morgan fingerprint density at radius 3 is 2.33 bits per heavy atom. The highest BCUT2D eigenvalue weighted by molar-refractivity contribution is 6.31. The fourth-order valence-corrected chi connectivity index (χ4v) is 2.73. The molecule has 0 bridgehead atoms. The van der Waals surface area contributed by atoms with E-state index >= 15 is 0 Å². The molecule has 21 heavy (non-hydrogen) atoms. The zero-order valence-corrected chi connectivity index (χ0v) is 13.6. The van der Waals surface area contributed by atoms with Crippen LogP contribution in [0.15, 0.2) is 48.5 Å². The minimum atomic E-state index is 0.000498. The Morgan fingerprint density at radius 1 is 1.10 bits per heavy atom. The van der Waals surface area contributed by atoms with Crippen LogP contribution < -0.4 is 5.73 Å². The van der Waals surface area contributed by atoms with Crippen LogP contribution in [-0.4, -0.2) is 18.5 Å². The SMILES string of the molecule is Cc1ccc(C(N)CN(C)C(C)c2ccccc2Cl)cc1. The molecule has 112 valence electrons. The Kier molecular flexibility index (Phi) is 5.40. The second-order valence-electron chi connectivity index (χ2n) is 5.65. The Balaban J connectivity index is 2.05. The molecule has 0 amide bonds. The molecule has 0 saturated heterocycles. The Hall–Kier alpha value is -1.35. The van der Waals surface area contributed by atoms with Gasteiger partial charge < -0.3 is 5.73 Å². The lowest BCUT2D eigenvalue weighted by atomic mass is 10.0. The number of hydrogen-bond acceptors (Lipinski definition) is 2. The van der Waals surface area contributed by atoms with E-state index in [9.17, 15) is 0 Å². The smallest absolute Gasteiger partial charge is 0.0453 e. The molecule has 0 aliphatic heterocycles. The number of likely N-dealkylation sites (N-methyl/N-ethyl adjacent to an activating group) is 1. The number of halogens is 1. The summed E-state index contributed by atoms with van der Waals surface area (Å²) in [7, 11) is 2.09. The molecule has 0 fully saturated rings. The summed E-state index contributed by atoms with van der Waals surface area (Å²) in [6.45, 7) is 5.03. The maximum atomic E-state index is 6.33. The van der Waals surface area contributed by atoms with Gasteiger partial charge in [-0.2, -0.15) is 0 Å². The first-order chi connectivity index (χ1) is 9.99. The van der Waals surface area contributed by atoms with Crippen molar-refractivity contribution < 1.29 is 0 Å². The van der Waals surface area contributed by atoms with Crippen LogP contribution in [0.5, 0.6) is 0 Å². The summed E-state index contributed by atoms with van der Waals surface area (Å²) in [6, 6.07) is 16.6. The first kappa shape index (κ1) is 16.0. The molecule has 0 radical (unpaired) electrons. The van der Waals surface area contributed by atoms with E-state index in [1.807, 2.05) is 18.2 Å². The van der Waals surface area contributed by atoms with Gasteiger partial charge in [0.05, 0.1) is 0 Å². The summed E-state index contributed by atoms with van der Waals surface area (Å²) in [4.78, 5) is 2.24. The van der Waals surface area contributed by atoms with Crippen LogP contribution in [0.2, 0.25) is 5.02 Å². The molecule has 3 heteroatoms. The summed E-state index contributed by atoms with van der Waals surface area (Å²) in [5.41, 5.74) is 9.88. The minimum Gasteiger partial charge on any atom is -0.323 e. The van der Waals surface area contributed by atoms with Crippen molar-refractivity contribution in [3.63, 3.8) is 0 Å². The second-order valence-corrected chi connectivity index (χ2v) is 6.06. The van der Waals surface area contributed by atoms with E-state index in [2.05, 4.69) is 56.1 Å². The van der Waals surface area contributed by atoms with Gasteiger partial charge in [0.25, 0.3) is 0 Å². The van der Waals surface area contributed by atoms with Crippen LogP contribution in [0.4, 0.5) is 0 Å². The summed E-state index contributed by atoms with van der Waals surface area (Å²) in [5.74, 6) is 0. The van der Waals surface area contributed by atoms with Crippen molar-refractivity contribution >= 4 is 11.6 Å². The molecular weight excluding hydrogens is 280 g/mol. The van der Waals surface area contributed by atoms with Crippen LogP contribution in [0.25, 0.3) is 0 Å². The lowest BCUT2D eigenvalue weighted by Crippen LogP contribution is -2.31. The number of benzene rings is 2. The summed E-state index contributed by atoms with van der Waals surface area (Å²) < 4.78 is 0. The van der Waals surface area contributed by atoms with Crippen molar-refractivity contribution in [2.75, 3.05) is 13.6 Å². The third-order valence-electron chi connectivity index (χ3n) is 4.01. The average Bonchev–Trinajstić information content (AvgIpc) is 2.47. The van der Waals surface area contributed by atoms with Gasteiger partial charge in [-0.1, -0.05) is 59.6 Å². The Morgan fingerprint density at radius 2 is 1.71 bits per heavy atom. The van der Waals surface area contributed by atoms with Crippen LogP contribution in [0.1, 0.15) is 35.7 Å². The predicted octanol–water partition coefficient (Wildman–Crippen LogP) is 4.34. The van der Waals surface area contributed by atoms with Crippen molar-refractivity contribution in [2.24, 2.45) is 5.73 Å². The van der Waals surface area contributed by atoms with E-state index in [-0.39, 0.29) is 12.1 Å². The quantitative estimate of drug-likeness (QED) is 0.890. The van der Waals surface area contributed by atoms with Crippen LogP contribution in [-0.2, 0) is 0 Å². The highest BCUT2D eigenvalue weighted by atomic mass is 35.5. The maximum absolute atomic E-state index is 6.33. The van der Waals surface area contributed by atoms with E-state index in [0.29, 0.717) is 0 Å². The van der Waals surface area contributed by atoms with E-state index < -0.39 is 0 Å². The first-order valence-corrected chi connectivity index (χ1v) is 7.63. The highest BCUT2D eigenvalue weighted by Gasteiger charge is 2.17. The lowest BCUT2D eigenvalue weighted by molar-refractivity contribution is 0.246. The second kappa shape index (κ2) is 7.08. The number of hydrogen-bond donors (Lipinski definition) is 1. The molecule has 2 N–H and O–H groups in total. The molecular formula is C18H23ClN2. The van der Waals surface area contributed by atoms with Gasteiger partial charge in [-0.15, -0.1) is 0 Å². The number of rotatable bonds is 5. The van der Waals surface area contributed by atoms with E-state index in [4.69, 9.17) is 17.3 Å². The maximum Gasteiger partial charge on any atom is 0.0453 e. The highest BCUT2D eigenvalue weighted by Crippen LogP contribution is 2.27. The molecule has 0 heterocycles. The van der Waals surface area contributed by atoms with Gasteiger partial charge in [0, 0.05) is 23.7 Å². The zero-order valence-electron chi connectivity index (χ0n) is 12.9. The van der Waals surface area contributed by atoms with Gasteiger partial charge in [-0.3, -0.25) is 4.90 Å². The lowest BCUT2D eigenvalue weighted by Gasteiger charge is -2.28. The minimum absolute atomic E-state index is 0.000498. The number of nitrogens with two attached hydrogens (primary N) is 1. The van der Waals surface area contributed by atoms with Crippen LogP contribution >= 0.6 is 11.6 Å². The van der Waals surface area contributed by atoms with Crippen molar-refractivity contribution in [1.29, 1.82) is 0 Å².